The molecule has 1 heterocycles. The molecular formula is C30H20BrCl2N3O4. The summed E-state index contributed by atoms with van der Waals surface area (Å²) in [7, 11) is 1.47. The molecular weight excluding hydrogens is 617 g/mol. The summed E-state index contributed by atoms with van der Waals surface area (Å²) in [6.07, 6.45) is 1.45. The number of fused-ring (bicyclic) bond motifs is 1. The standard InChI is InChI=1S/C30H20BrCl2N3O4/c1-39-25-13-17(11-12-24(25)40-30(38)18-7-3-2-4-8-18)16-34-36-29(37)28-26(20-9-5-6-10-22(20)32)21-14-19(31)15-23(33)27(21)35-28/h2-16,35H,1H3,(H,36,37). The lowest BCUT2D eigenvalue weighted by atomic mass is 10.0. The zero-order chi connectivity index (χ0) is 28.2. The van der Waals surface area contributed by atoms with E-state index in [0.29, 0.717) is 43.6 Å². The number of nitrogens with zero attached hydrogens (tertiary/aromatic N) is 1. The highest BCUT2D eigenvalue weighted by molar-refractivity contribution is 9.10. The number of amides is 1. The van der Waals surface area contributed by atoms with Crippen molar-refractivity contribution in [3.05, 3.63) is 116 Å². The Morgan fingerprint density at radius 2 is 1.68 bits per heavy atom. The molecule has 5 rings (SSSR count). The molecule has 7 nitrogen and oxygen atoms in total. The van der Waals surface area contributed by atoms with Crippen molar-refractivity contribution in [2.75, 3.05) is 7.11 Å². The molecule has 0 aliphatic heterocycles. The number of nitrogens with one attached hydrogen (secondary N) is 2. The molecule has 0 atom stereocenters. The summed E-state index contributed by atoms with van der Waals surface area (Å²) in [5.74, 6) is -0.415. The number of hydrogen-bond donors (Lipinski definition) is 2. The zero-order valence-electron chi connectivity index (χ0n) is 20.9. The van der Waals surface area contributed by atoms with Gasteiger partial charge in [0.05, 0.1) is 29.4 Å². The number of ether oxygens (including phenoxy) is 2. The average molecular weight is 637 g/mol. The van der Waals surface area contributed by atoms with Crippen molar-refractivity contribution >= 4 is 68.1 Å². The van der Waals surface area contributed by atoms with Crippen molar-refractivity contribution in [1.29, 1.82) is 0 Å². The number of carbonyl (C=O) groups excluding carboxylic acids is 2. The minimum absolute atomic E-state index is 0.251. The van der Waals surface area contributed by atoms with Crippen LogP contribution in [-0.4, -0.2) is 30.2 Å². The van der Waals surface area contributed by atoms with Crippen LogP contribution in [0.15, 0.2) is 94.5 Å². The number of hydrazone groups is 1. The van der Waals surface area contributed by atoms with E-state index in [1.165, 1.54) is 13.3 Å². The minimum Gasteiger partial charge on any atom is -0.493 e. The van der Waals surface area contributed by atoms with Crippen LogP contribution < -0.4 is 14.9 Å². The van der Waals surface area contributed by atoms with Gasteiger partial charge in [0.25, 0.3) is 5.91 Å². The fourth-order valence-corrected chi connectivity index (χ4v) is 5.22. The maximum Gasteiger partial charge on any atom is 0.343 e. The summed E-state index contributed by atoms with van der Waals surface area (Å²) in [6, 6.07) is 24.4. The van der Waals surface area contributed by atoms with Gasteiger partial charge in [-0.2, -0.15) is 5.10 Å². The maximum atomic E-state index is 13.3. The van der Waals surface area contributed by atoms with Gasteiger partial charge in [-0.3, -0.25) is 4.79 Å². The molecule has 0 saturated carbocycles. The van der Waals surface area contributed by atoms with Crippen LogP contribution in [-0.2, 0) is 0 Å². The fourth-order valence-electron chi connectivity index (χ4n) is 4.14. The third kappa shape index (κ3) is 5.74. The Hall–Kier alpha value is -4.11. The SMILES string of the molecule is COc1cc(C=NNC(=O)c2[nH]c3c(Cl)cc(Br)cc3c2-c2ccccc2Cl)ccc1OC(=O)c1ccccc1. The normalized spacial score (nSPS) is 11.1. The van der Waals surface area contributed by atoms with Gasteiger partial charge in [-0.1, -0.05) is 75.5 Å². The second kappa shape index (κ2) is 12.0. The van der Waals surface area contributed by atoms with E-state index in [-0.39, 0.29) is 11.4 Å². The first kappa shape index (κ1) is 27.5. The highest BCUT2D eigenvalue weighted by atomic mass is 79.9. The topological polar surface area (TPSA) is 92.8 Å². The number of H-pyrrole nitrogens is 1. The molecule has 5 aromatic rings. The number of esters is 1. The molecule has 0 fully saturated rings. The highest BCUT2D eigenvalue weighted by Crippen LogP contribution is 2.40. The number of aromatic nitrogens is 1. The predicted molar refractivity (Wildman–Crippen MR) is 161 cm³/mol. The second-order valence-corrected chi connectivity index (χ2v) is 10.3. The number of carbonyl (C=O) groups is 2. The number of aromatic amines is 1. The lowest BCUT2D eigenvalue weighted by Gasteiger charge is -2.10. The molecule has 0 radical (unpaired) electrons. The van der Waals surface area contributed by atoms with Gasteiger partial charge in [0.15, 0.2) is 11.5 Å². The largest absolute Gasteiger partial charge is 0.493 e. The Bertz CT molecular complexity index is 1770. The maximum absolute atomic E-state index is 13.3. The third-order valence-electron chi connectivity index (χ3n) is 5.97. The summed E-state index contributed by atoms with van der Waals surface area (Å²) in [5.41, 5.74) is 5.69. The molecule has 1 amide bonds. The fraction of sp³-hybridized carbons (Fsp3) is 0.0333. The highest BCUT2D eigenvalue weighted by Gasteiger charge is 2.22. The number of rotatable bonds is 7. The molecule has 200 valence electrons. The Morgan fingerprint density at radius 1 is 0.925 bits per heavy atom. The van der Waals surface area contributed by atoms with Gasteiger partial charge < -0.3 is 14.5 Å². The Labute approximate surface area is 247 Å². The third-order valence-corrected chi connectivity index (χ3v) is 7.06. The van der Waals surface area contributed by atoms with Crippen LogP contribution in [0.2, 0.25) is 10.0 Å². The van der Waals surface area contributed by atoms with Gasteiger partial charge in [0, 0.05) is 26.0 Å². The summed E-state index contributed by atoms with van der Waals surface area (Å²) in [5, 5.41) is 5.77. The van der Waals surface area contributed by atoms with Crippen LogP contribution in [0.3, 0.4) is 0 Å². The summed E-state index contributed by atoms with van der Waals surface area (Å²) in [4.78, 5) is 28.9. The first-order chi connectivity index (χ1) is 19.4. The average Bonchev–Trinajstić information content (AvgIpc) is 3.34. The summed E-state index contributed by atoms with van der Waals surface area (Å²) >= 11 is 16.4. The number of hydrogen-bond acceptors (Lipinski definition) is 5. The van der Waals surface area contributed by atoms with E-state index in [9.17, 15) is 9.59 Å². The van der Waals surface area contributed by atoms with E-state index in [4.69, 9.17) is 32.7 Å². The molecule has 0 aliphatic carbocycles. The van der Waals surface area contributed by atoms with E-state index in [1.807, 2.05) is 30.3 Å². The van der Waals surface area contributed by atoms with Crippen molar-refractivity contribution < 1.29 is 19.1 Å². The van der Waals surface area contributed by atoms with Gasteiger partial charge >= 0.3 is 5.97 Å². The van der Waals surface area contributed by atoms with E-state index >= 15 is 0 Å². The van der Waals surface area contributed by atoms with Gasteiger partial charge in [-0.15, -0.1) is 0 Å². The van der Waals surface area contributed by atoms with Crippen LogP contribution in [0.5, 0.6) is 11.5 Å². The molecule has 4 aromatic carbocycles. The van der Waals surface area contributed by atoms with Crippen LogP contribution in [0.25, 0.3) is 22.0 Å². The minimum atomic E-state index is -0.507. The van der Waals surface area contributed by atoms with Crippen molar-refractivity contribution in [3.8, 4) is 22.6 Å². The van der Waals surface area contributed by atoms with Crippen molar-refractivity contribution in [2.24, 2.45) is 5.10 Å². The zero-order valence-corrected chi connectivity index (χ0v) is 24.0. The van der Waals surface area contributed by atoms with Gasteiger partial charge in [-0.05, 0) is 54.1 Å². The molecule has 0 bridgehead atoms. The van der Waals surface area contributed by atoms with Crippen molar-refractivity contribution in [2.45, 2.75) is 0 Å². The molecule has 0 aliphatic rings. The molecule has 1 aromatic heterocycles. The van der Waals surface area contributed by atoms with Gasteiger partial charge in [0.2, 0.25) is 0 Å². The molecule has 40 heavy (non-hydrogen) atoms. The van der Waals surface area contributed by atoms with Crippen LogP contribution in [0.1, 0.15) is 26.4 Å². The van der Waals surface area contributed by atoms with E-state index in [0.717, 1.165) is 9.86 Å². The lowest BCUT2D eigenvalue weighted by Crippen LogP contribution is -2.19. The molecule has 0 unspecified atom stereocenters. The number of benzene rings is 4. The Morgan fingerprint density at radius 3 is 2.42 bits per heavy atom. The monoisotopic (exact) mass is 635 g/mol. The second-order valence-electron chi connectivity index (χ2n) is 8.53. The predicted octanol–water partition coefficient (Wildman–Crippen LogP) is 7.90. The van der Waals surface area contributed by atoms with Crippen molar-refractivity contribution in [3.63, 3.8) is 0 Å². The van der Waals surface area contributed by atoms with Crippen LogP contribution in [0, 0.1) is 0 Å². The summed E-state index contributed by atoms with van der Waals surface area (Å²) < 4.78 is 11.6. The number of halogens is 3. The van der Waals surface area contributed by atoms with Gasteiger partial charge in [0.1, 0.15) is 5.69 Å². The van der Waals surface area contributed by atoms with Crippen LogP contribution >= 0.6 is 39.1 Å². The lowest BCUT2D eigenvalue weighted by molar-refractivity contribution is 0.0729. The quantitative estimate of drug-likeness (QED) is 0.0822. The van der Waals surface area contributed by atoms with E-state index in [1.54, 1.807) is 54.6 Å². The van der Waals surface area contributed by atoms with Gasteiger partial charge in [-0.25, -0.2) is 10.2 Å². The summed E-state index contributed by atoms with van der Waals surface area (Å²) in [6.45, 7) is 0. The Kier molecular flexibility index (Phi) is 8.21. The molecule has 10 heteroatoms. The molecule has 0 saturated heterocycles. The first-order valence-corrected chi connectivity index (χ1v) is 13.4. The smallest absolute Gasteiger partial charge is 0.343 e. The van der Waals surface area contributed by atoms with E-state index in [2.05, 4.69) is 31.4 Å². The molecule has 0 spiro atoms. The van der Waals surface area contributed by atoms with Crippen LogP contribution in [0.4, 0.5) is 0 Å². The van der Waals surface area contributed by atoms with E-state index < -0.39 is 11.9 Å². The Balaban J connectivity index is 1.39. The molecule has 2 N–H and O–H groups in total. The number of methoxy groups -OCH3 is 1. The first-order valence-electron chi connectivity index (χ1n) is 11.9. The van der Waals surface area contributed by atoms with Crippen molar-refractivity contribution in [1.82, 2.24) is 10.4 Å².